The maximum absolute atomic E-state index is 9.69. The van der Waals surface area contributed by atoms with E-state index < -0.39 is 0 Å². The number of fused-ring (bicyclic) bond motifs is 1. The Balaban J connectivity index is 1.21. The van der Waals surface area contributed by atoms with Crippen LogP contribution < -0.4 is 10.6 Å². The van der Waals surface area contributed by atoms with Crippen LogP contribution in [0.3, 0.4) is 0 Å². The maximum atomic E-state index is 9.69. The molecule has 0 unspecified atom stereocenters. The summed E-state index contributed by atoms with van der Waals surface area (Å²) < 4.78 is 0. The van der Waals surface area contributed by atoms with Gasteiger partial charge in [-0.3, -0.25) is 0 Å². The van der Waals surface area contributed by atoms with Gasteiger partial charge >= 0.3 is 0 Å². The van der Waals surface area contributed by atoms with Crippen LogP contribution in [0.25, 0.3) is 28.1 Å². The van der Waals surface area contributed by atoms with Crippen LogP contribution in [0.15, 0.2) is 97.2 Å². The minimum Gasteiger partial charge on any atom is -0.508 e. The fourth-order valence-corrected chi connectivity index (χ4v) is 3.95. The molecule has 0 bridgehead atoms. The van der Waals surface area contributed by atoms with Crippen LogP contribution in [0, 0.1) is 13.8 Å². The minimum absolute atomic E-state index is 0.268. The van der Waals surface area contributed by atoms with Gasteiger partial charge < -0.3 is 15.7 Å². The summed E-state index contributed by atoms with van der Waals surface area (Å²) in [5, 5.41) is 17.4. The van der Waals surface area contributed by atoms with Crippen molar-refractivity contribution >= 4 is 34.3 Å². The van der Waals surface area contributed by atoms with Crippen LogP contribution in [0.1, 0.15) is 16.8 Å². The summed E-state index contributed by atoms with van der Waals surface area (Å²) in [5.74, 6) is 0.853. The number of phenolic OH excluding ortho intramolecular Hbond substituents is 1. The third-order valence-electron chi connectivity index (χ3n) is 5.79. The molecule has 0 spiro atoms. The Bertz CT molecular complexity index is 1510. The zero-order valence-corrected chi connectivity index (χ0v) is 19.7. The molecule has 0 aliphatic rings. The molecular formula is C30H26N4O. The number of aryl methyl sites for hydroxylation is 2. The lowest BCUT2D eigenvalue weighted by molar-refractivity contribution is 0.475. The number of phenols is 1. The van der Waals surface area contributed by atoms with E-state index in [1.807, 2.05) is 73.8 Å². The molecule has 0 amide bonds. The van der Waals surface area contributed by atoms with Crippen LogP contribution in [0.2, 0.25) is 0 Å². The lowest BCUT2D eigenvalue weighted by atomic mass is 10.1. The molecule has 0 fully saturated rings. The van der Waals surface area contributed by atoms with Gasteiger partial charge in [0, 0.05) is 23.0 Å². The van der Waals surface area contributed by atoms with Gasteiger partial charge in [-0.05, 0) is 85.1 Å². The molecule has 35 heavy (non-hydrogen) atoms. The summed E-state index contributed by atoms with van der Waals surface area (Å²) in [5.41, 5.74) is 8.20. The second-order valence-corrected chi connectivity index (χ2v) is 8.51. The van der Waals surface area contributed by atoms with E-state index in [1.165, 1.54) is 5.56 Å². The predicted octanol–water partition coefficient (Wildman–Crippen LogP) is 7.45. The van der Waals surface area contributed by atoms with E-state index in [-0.39, 0.29) is 5.75 Å². The van der Waals surface area contributed by atoms with E-state index in [4.69, 9.17) is 0 Å². The number of nitrogens with zero attached hydrogens (tertiary/aromatic N) is 2. The van der Waals surface area contributed by atoms with Gasteiger partial charge in [0.25, 0.3) is 0 Å². The largest absolute Gasteiger partial charge is 0.508 e. The molecule has 0 saturated heterocycles. The van der Waals surface area contributed by atoms with Gasteiger partial charge in [0.15, 0.2) is 0 Å². The average Bonchev–Trinajstić information content (AvgIpc) is 2.86. The van der Waals surface area contributed by atoms with Gasteiger partial charge in [0.2, 0.25) is 5.95 Å². The molecule has 5 rings (SSSR count). The lowest BCUT2D eigenvalue weighted by Gasteiger charge is -2.09. The maximum Gasteiger partial charge on any atom is 0.227 e. The third kappa shape index (κ3) is 5.31. The summed E-state index contributed by atoms with van der Waals surface area (Å²) >= 11 is 0. The monoisotopic (exact) mass is 458 g/mol. The Kier molecular flexibility index (Phi) is 6.14. The molecule has 4 aromatic carbocycles. The van der Waals surface area contributed by atoms with E-state index in [0.717, 1.165) is 44.7 Å². The molecule has 0 aliphatic heterocycles. The fourth-order valence-electron chi connectivity index (χ4n) is 3.95. The topological polar surface area (TPSA) is 70.1 Å². The van der Waals surface area contributed by atoms with Gasteiger partial charge in [-0.15, -0.1) is 0 Å². The Morgan fingerprint density at radius 1 is 0.743 bits per heavy atom. The number of nitrogens with one attached hydrogen (secondary N) is 2. The van der Waals surface area contributed by atoms with Crippen molar-refractivity contribution < 1.29 is 5.11 Å². The molecule has 5 aromatic rings. The molecule has 3 N–H and O–H groups in total. The van der Waals surface area contributed by atoms with Gasteiger partial charge in [0.05, 0.1) is 11.2 Å². The summed E-state index contributed by atoms with van der Waals surface area (Å²) in [6, 6.07) is 29.8. The van der Waals surface area contributed by atoms with Crippen molar-refractivity contribution in [3.05, 3.63) is 114 Å². The molecule has 0 saturated carbocycles. The highest BCUT2D eigenvalue weighted by Gasteiger charge is 2.04. The first-order chi connectivity index (χ1) is 17.0. The van der Waals surface area contributed by atoms with Crippen molar-refractivity contribution in [3.8, 4) is 16.9 Å². The Hall–Kier alpha value is -4.64. The molecule has 1 aromatic heterocycles. The van der Waals surface area contributed by atoms with Gasteiger partial charge in [-0.25, -0.2) is 9.97 Å². The first kappa shape index (κ1) is 22.2. The predicted molar refractivity (Wildman–Crippen MR) is 145 cm³/mol. The summed E-state index contributed by atoms with van der Waals surface area (Å²) in [6.07, 6.45) is 3.85. The van der Waals surface area contributed by atoms with Crippen LogP contribution in [0.4, 0.5) is 17.3 Å². The molecule has 1 heterocycles. The molecule has 5 heteroatoms. The van der Waals surface area contributed by atoms with Crippen molar-refractivity contribution in [1.29, 1.82) is 0 Å². The van der Waals surface area contributed by atoms with Crippen molar-refractivity contribution in [2.75, 3.05) is 10.6 Å². The van der Waals surface area contributed by atoms with Crippen molar-refractivity contribution in [1.82, 2.24) is 9.97 Å². The number of anilines is 3. The van der Waals surface area contributed by atoms with Crippen LogP contribution in [0.5, 0.6) is 5.75 Å². The van der Waals surface area contributed by atoms with E-state index in [9.17, 15) is 5.11 Å². The second kappa shape index (κ2) is 9.69. The zero-order chi connectivity index (χ0) is 24.2. The molecule has 5 nitrogen and oxygen atoms in total. The lowest BCUT2D eigenvalue weighted by Crippen LogP contribution is -1.98. The minimum atomic E-state index is 0.268. The number of aromatic nitrogens is 2. The SMILES string of the molecule is Cc1ccc2nc(N/C=C/c3ccc(Nc4ccc(-c5cccc(O)c5)cc4)cc3)nc(C)c2c1. The Morgan fingerprint density at radius 3 is 2.23 bits per heavy atom. The summed E-state index contributed by atoms with van der Waals surface area (Å²) in [7, 11) is 0. The Labute approximate surface area is 204 Å². The summed E-state index contributed by atoms with van der Waals surface area (Å²) in [6.45, 7) is 4.08. The van der Waals surface area contributed by atoms with Gasteiger partial charge in [0.1, 0.15) is 5.75 Å². The molecular weight excluding hydrogens is 432 g/mol. The number of benzene rings is 4. The molecule has 172 valence electrons. The second-order valence-electron chi connectivity index (χ2n) is 8.51. The van der Waals surface area contributed by atoms with Crippen LogP contribution in [-0.4, -0.2) is 15.1 Å². The van der Waals surface area contributed by atoms with Crippen LogP contribution in [-0.2, 0) is 0 Å². The zero-order valence-electron chi connectivity index (χ0n) is 19.7. The third-order valence-corrected chi connectivity index (χ3v) is 5.79. The smallest absolute Gasteiger partial charge is 0.227 e. The highest BCUT2D eigenvalue weighted by atomic mass is 16.3. The van der Waals surface area contributed by atoms with Gasteiger partial charge in [-0.2, -0.15) is 0 Å². The van der Waals surface area contributed by atoms with E-state index in [1.54, 1.807) is 12.1 Å². The van der Waals surface area contributed by atoms with Crippen LogP contribution >= 0.6 is 0 Å². The number of aromatic hydroxyl groups is 1. The number of rotatable bonds is 6. The summed E-state index contributed by atoms with van der Waals surface area (Å²) in [4.78, 5) is 9.17. The number of hydrogen-bond donors (Lipinski definition) is 3. The van der Waals surface area contributed by atoms with Crippen molar-refractivity contribution in [3.63, 3.8) is 0 Å². The Morgan fingerprint density at radius 2 is 1.49 bits per heavy atom. The normalized spacial score (nSPS) is 11.1. The van der Waals surface area contributed by atoms with Gasteiger partial charge in [-0.1, -0.05) is 48.0 Å². The first-order valence-electron chi connectivity index (χ1n) is 11.5. The average molecular weight is 459 g/mol. The quantitative estimate of drug-likeness (QED) is 0.247. The first-order valence-corrected chi connectivity index (χ1v) is 11.5. The number of hydrogen-bond acceptors (Lipinski definition) is 5. The fraction of sp³-hybridized carbons (Fsp3) is 0.0667. The van der Waals surface area contributed by atoms with E-state index >= 15 is 0 Å². The standard InChI is InChI=1S/C30H26N4O/c1-20-6-15-29-28(18-20)21(2)32-30(34-29)31-17-16-22-7-11-25(12-8-22)33-26-13-9-23(10-14-26)24-4-3-5-27(35)19-24/h3-19,33,35H,1-2H3,(H,31,32,34)/b17-16+. The highest BCUT2D eigenvalue weighted by Crippen LogP contribution is 2.26. The molecule has 0 radical (unpaired) electrons. The van der Waals surface area contributed by atoms with Crippen molar-refractivity contribution in [2.45, 2.75) is 13.8 Å². The van der Waals surface area contributed by atoms with E-state index in [2.05, 4.69) is 51.8 Å². The van der Waals surface area contributed by atoms with E-state index in [0.29, 0.717) is 5.95 Å². The highest BCUT2D eigenvalue weighted by molar-refractivity contribution is 5.82. The van der Waals surface area contributed by atoms with Crippen molar-refractivity contribution in [2.24, 2.45) is 0 Å². The molecule has 0 atom stereocenters. The molecule has 0 aliphatic carbocycles.